The lowest BCUT2D eigenvalue weighted by molar-refractivity contribution is -0.161. The second-order valence-corrected chi connectivity index (χ2v) is 11.2. The molecule has 0 saturated carbocycles. The van der Waals surface area contributed by atoms with Gasteiger partial charge in [-0.2, -0.15) is 0 Å². The number of hydrogen-bond donors (Lipinski definition) is 1. The van der Waals surface area contributed by atoms with Crippen LogP contribution in [0.1, 0.15) is 168 Å². The fraction of sp³-hybridized carbons (Fsp3) is 0.829. The standard InChI is InChI=1S/C35H64O5/c1-3-5-7-9-11-13-15-16-17-18-20-22-24-26-28-30-35(38)40-33(31-36)32-39-34(37)29-27-25-23-21-19-14-12-10-8-6-4-2/h10,12,16-17,33,36H,3-9,11,13-15,18-32H2,1-2H3. The Kier molecular flexibility index (Phi) is 30.6. The number of aliphatic hydroxyl groups excluding tert-OH is 1. The fourth-order valence-corrected chi connectivity index (χ4v) is 4.59. The number of carbonyl (C=O) groups is 2. The first-order valence-electron chi connectivity index (χ1n) is 16.9. The summed E-state index contributed by atoms with van der Waals surface area (Å²) < 4.78 is 10.5. The Morgan fingerprint density at radius 3 is 1.43 bits per heavy atom. The lowest BCUT2D eigenvalue weighted by atomic mass is 10.1. The van der Waals surface area contributed by atoms with Crippen LogP contribution in [0.15, 0.2) is 24.3 Å². The SMILES string of the molecule is CCCCC=CCCCCCCCC(=O)OCC(CO)OC(=O)CCCCCCCC=CCCCCCCCC. The highest BCUT2D eigenvalue weighted by molar-refractivity contribution is 5.70. The fourth-order valence-electron chi connectivity index (χ4n) is 4.59. The Balaban J connectivity index is 3.60. The van der Waals surface area contributed by atoms with E-state index in [-0.39, 0.29) is 25.2 Å². The van der Waals surface area contributed by atoms with Gasteiger partial charge in [-0.25, -0.2) is 0 Å². The Hall–Kier alpha value is -1.62. The number of ether oxygens (including phenoxy) is 2. The Labute approximate surface area is 247 Å². The molecule has 1 N–H and O–H groups in total. The maximum Gasteiger partial charge on any atom is 0.306 e. The maximum absolute atomic E-state index is 12.1. The number of rotatable bonds is 30. The van der Waals surface area contributed by atoms with Gasteiger partial charge in [0.15, 0.2) is 6.10 Å². The van der Waals surface area contributed by atoms with Crippen molar-refractivity contribution < 1.29 is 24.2 Å². The van der Waals surface area contributed by atoms with Crippen LogP contribution in [0.3, 0.4) is 0 Å². The molecule has 0 aliphatic carbocycles. The summed E-state index contributed by atoms with van der Waals surface area (Å²) in [6, 6.07) is 0. The van der Waals surface area contributed by atoms with E-state index in [2.05, 4.69) is 38.2 Å². The number of carbonyl (C=O) groups excluding carboxylic acids is 2. The van der Waals surface area contributed by atoms with Crippen LogP contribution in [-0.4, -0.2) is 36.4 Å². The molecule has 0 fully saturated rings. The number of esters is 2. The van der Waals surface area contributed by atoms with Crippen LogP contribution in [0.2, 0.25) is 0 Å². The molecular formula is C35H64O5. The third-order valence-corrected chi connectivity index (χ3v) is 7.22. The van der Waals surface area contributed by atoms with Crippen molar-refractivity contribution in [3.05, 3.63) is 24.3 Å². The maximum atomic E-state index is 12.1. The van der Waals surface area contributed by atoms with Crippen LogP contribution in [0, 0.1) is 0 Å². The Morgan fingerprint density at radius 2 is 0.950 bits per heavy atom. The van der Waals surface area contributed by atoms with Gasteiger partial charge in [-0.15, -0.1) is 0 Å². The van der Waals surface area contributed by atoms with Crippen molar-refractivity contribution in [2.45, 2.75) is 174 Å². The first kappa shape index (κ1) is 38.4. The lowest BCUT2D eigenvalue weighted by Crippen LogP contribution is -2.28. The first-order valence-corrected chi connectivity index (χ1v) is 16.9. The molecule has 0 aromatic rings. The van der Waals surface area contributed by atoms with E-state index in [1.165, 1.54) is 89.9 Å². The second kappa shape index (κ2) is 31.9. The second-order valence-electron chi connectivity index (χ2n) is 11.2. The van der Waals surface area contributed by atoms with Crippen molar-refractivity contribution in [3.63, 3.8) is 0 Å². The molecule has 234 valence electrons. The van der Waals surface area contributed by atoms with Gasteiger partial charge in [0.2, 0.25) is 0 Å². The molecule has 0 spiro atoms. The number of allylic oxidation sites excluding steroid dienone is 4. The minimum atomic E-state index is -0.773. The molecule has 40 heavy (non-hydrogen) atoms. The summed E-state index contributed by atoms with van der Waals surface area (Å²) >= 11 is 0. The van der Waals surface area contributed by atoms with Gasteiger partial charge in [0, 0.05) is 12.8 Å². The van der Waals surface area contributed by atoms with Gasteiger partial charge in [0.1, 0.15) is 6.61 Å². The Morgan fingerprint density at radius 1 is 0.550 bits per heavy atom. The summed E-state index contributed by atoms with van der Waals surface area (Å²) in [6.45, 7) is 4.06. The van der Waals surface area contributed by atoms with Crippen LogP contribution in [0.4, 0.5) is 0 Å². The highest BCUT2D eigenvalue weighted by atomic mass is 16.6. The van der Waals surface area contributed by atoms with Crippen molar-refractivity contribution in [3.8, 4) is 0 Å². The molecule has 0 aromatic carbocycles. The summed E-state index contributed by atoms with van der Waals surface area (Å²) in [7, 11) is 0. The number of unbranched alkanes of at least 4 members (excludes halogenated alkanes) is 18. The predicted molar refractivity (Wildman–Crippen MR) is 168 cm³/mol. The number of aliphatic hydroxyl groups is 1. The first-order chi connectivity index (χ1) is 19.6. The van der Waals surface area contributed by atoms with Crippen LogP contribution >= 0.6 is 0 Å². The van der Waals surface area contributed by atoms with Crippen molar-refractivity contribution in [1.29, 1.82) is 0 Å². The largest absolute Gasteiger partial charge is 0.462 e. The molecule has 0 amide bonds. The van der Waals surface area contributed by atoms with Crippen LogP contribution in [-0.2, 0) is 19.1 Å². The van der Waals surface area contributed by atoms with Crippen molar-refractivity contribution >= 4 is 11.9 Å². The van der Waals surface area contributed by atoms with Crippen molar-refractivity contribution in [1.82, 2.24) is 0 Å². The third kappa shape index (κ3) is 29.4. The van der Waals surface area contributed by atoms with Crippen LogP contribution in [0.25, 0.3) is 0 Å². The topological polar surface area (TPSA) is 72.8 Å². The quantitative estimate of drug-likeness (QED) is 0.0534. The van der Waals surface area contributed by atoms with Crippen molar-refractivity contribution in [2.24, 2.45) is 0 Å². The van der Waals surface area contributed by atoms with E-state index >= 15 is 0 Å². The van der Waals surface area contributed by atoms with Gasteiger partial charge < -0.3 is 14.6 Å². The Bertz CT molecular complexity index is 613. The summed E-state index contributed by atoms with van der Waals surface area (Å²) in [4.78, 5) is 24.1. The zero-order chi connectivity index (χ0) is 29.4. The molecule has 0 aliphatic heterocycles. The van der Waals surface area contributed by atoms with Crippen molar-refractivity contribution in [2.75, 3.05) is 13.2 Å². The summed E-state index contributed by atoms with van der Waals surface area (Å²) in [5.74, 6) is -0.612. The normalized spacial score (nSPS) is 12.4. The minimum absolute atomic E-state index is 0.0716. The summed E-state index contributed by atoms with van der Waals surface area (Å²) in [5, 5.41) is 9.49. The van der Waals surface area contributed by atoms with Gasteiger partial charge in [0.05, 0.1) is 6.61 Å². The van der Waals surface area contributed by atoms with Gasteiger partial charge >= 0.3 is 11.9 Å². The third-order valence-electron chi connectivity index (χ3n) is 7.22. The van der Waals surface area contributed by atoms with Crippen LogP contribution < -0.4 is 0 Å². The molecule has 0 rings (SSSR count). The average Bonchev–Trinajstić information content (AvgIpc) is 2.96. The summed E-state index contributed by atoms with van der Waals surface area (Å²) in [6.07, 6.45) is 35.1. The smallest absolute Gasteiger partial charge is 0.306 e. The van der Waals surface area contributed by atoms with Gasteiger partial charge in [-0.3, -0.25) is 9.59 Å². The van der Waals surface area contributed by atoms with E-state index in [1.54, 1.807) is 0 Å². The molecule has 0 aromatic heterocycles. The van der Waals surface area contributed by atoms with Crippen LogP contribution in [0.5, 0.6) is 0 Å². The van der Waals surface area contributed by atoms with Gasteiger partial charge in [-0.1, -0.05) is 122 Å². The van der Waals surface area contributed by atoms with E-state index in [0.29, 0.717) is 12.8 Å². The highest BCUT2D eigenvalue weighted by Gasteiger charge is 2.16. The molecule has 5 heteroatoms. The van der Waals surface area contributed by atoms with E-state index in [4.69, 9.17) is 9.47 Å². The summed E-state index contributed by atoms with van der Waals surface area (Å²) in [5.41, 5.74) is 0. The molecule has 0 radical (unpaired) electrons. The molecule has 0 heterocycles. The predicted octanol–water partition coefficient (Wildman–Crippen LogP) is 9.95. The van der Waals surface area contributed by atoms with Gasteiger partial charge in [-0.05, 0) is 57.8 Å². The zero-order valence-corrected chi connectivity index (χ0v) is 26.4. The molecular weight excluding hydrogens is 500 g/mol. The van der Waals surface area contributed by atoms with Gasteiger partial charge in [0.25, 0.3) is 0 Å². The number of hydrogen-bond acceptors (Lipinski definition) is 5. The average molecular weight is 565 g/mol. The van der Waals surface area contributed by atoms with E-state index in [1.807, 2.05) is 0 Å². The minimum Gasteiger partial charge on any atom is -0.462 e. The molecule has 5 nitrogen and oxygen atoms in total. The highest BCUT2D eigenvalue weighted by Crippen LogP contribution is 2.12. The molecule has 0 bridgehead atoms. The zero-order valence-electron chi connectivity index (χ0n) is 26.4. The van der Waals surface area contributed by atoms with E-state index < -0.39 is 6.10 Å². The molecule has 0 aliphatic rings. The van der Waals surface area contributed by atoms with E-state index in [9.17, 15) is 14.7 Å². The molecule has 0 saturated heterocycles. The molecule has 1 unspecified atom stereocenters. The van der Waals surface area contributed by atoms with E-state index in [0.717, 1.165) is 51.4 Å². The monoisotopic (exact) mass is 564 g/mol. The lowest BCUT2D eigenvalue weighted by Gasteiger charge is -2.15. The molecule has 1 atom stereocenters.